The van der Waals surface area contributed by atoms with Gasteiger partial charge < -0.3 is 5.11 Å². The normalized spacial score (nSPS) is 45.3. The summed E-state index contributed by atoms with van der Waals surface area (Å²) in [6.07, 6.45) is 18.8. The first-order valence-corrected chi connectivity index (χ1v) is 12.9. The van der Waals surface area contributed by atoms with E-state index in [1.165, 1.54) is 44.1 Å². The van der Waals surface area contributed by atoms with Gasteiger partial charge in [0.15, 0.2) is 0 Å². The molecule has 0 heterocycles. The average Bonchev–Trinajstić information content (AvgIpc) is 3.06. The fourth-order valence-electron chi connectivity index (χ4n) is 8.49. The molecule has 9 atom stereocenters. The van der Waals surface area contributed by atoms with Crippen LogP contribution in [0.5, 0.6) is 0 Å². The van der Waals surface area contributed by atoms with Gasteiger partial charge in [-0.15, -0.1) is 0 Å². The molecule has 0 spiro atoms. The zero-order valence-electron chi connectivity index (χ0n) is 20.3. The maximum absolute atomic E-state index is 10.3. The van der Waals surface area contributed by atoms with Crippen molar-refractivity contribution in [3.8, 4) is 0 Å². The minimum atomic E-state index is -0.0541. The highest BCUT2D eigenvalue weighted by Gasteiger charge is 2.57. The molecule has 0 bridgehead atoms. The number of hydrogen-bond donors (Lipinski definition) is 1. The van der Waals surface area contributed by atoms with Crippen LogP contribution >= 0.6 is 0 Å². The van der Waals surface area contributed by atoms with E-state index in [4.69, 9.17) is 0 Å². The van der Waals surface area contributed by atoms with E-state index in [1.807, 2.05) is 5.57 Å². The van der Waals surface area contributed by atoms with E-state index in [9.17, 15) is 5.11 Å². The molecule has 1 N–H and O–H groups in total. The van der Waals surface area contributed by atoms with E-state index in [0.29, 0.717) is 28.6 Å². The van der Waals surface area contributed by atoms with Gasteiger partial charge in [-0.2, -0.15) is 0 Å². The van der Waals surface area contributed by atoms with Crippen molar-refractivity contribution in [1.82, 2.24) is 0 Å². The molecule has 0 aromatic rings. The van der Waals surface area contributed by atoms with Crippen LogP contribution in [0.25, 0.3) is 0 Å². The Kier molecular flexibility index (Phi) is 6.17. The van der Waals surface area contributed by atoms with Crippen LogP contribution in [-0.2, 0) is 0 Å². The highest BCUT2D eigenvalue weighted by molar-refractivity contribution is 5.28. The molecule has 1 nitrogen and oxygen atoms in total. The maximum Gasteiger partial charge on any atom is 0.0543 e. The molecule has 0 saturated heterocycles. The van der Waals surface area contributed by atoms with E-state index >= 15 is 0 Å². The summed E-state index contributed by atoms with van der Waals surface area (Å²) in [6.45, 7) is 16.3. The van der Waals surface area contributed by atoms with Crippen LogP contribution in [0.4, 0.5) is 0 Å². The fourth-order valence-corrected chi connectivity index (χ4v) is 8.49. The van der Waals surface area contributed by atoms with Gasteiger partial charge in [0.2, 0.25) is 0 Å². The molecule has 168 valence electrons. The summed E-state index contributed by atoms with van der Waals surface area (Å²) >= 11 is 0. The van der Waals surface area contributed by atoms with Crippen molar-refractivity contribution in [2.45, 2.75) is 98.5 Å². The lowest BCUT2D eigenvalue weighted by atomic mass is 9.47. The molecule has 4 rings (SSSR count). The summed E-state index contributed by atoms with van der Waals surface area (Å²) in [5.41, 5.74) is 4.04. The molecular weight excluding hydrogens is 364 g/mol. The van der Waals surface area contributed by atoms with Crippen molar-refractivity contribution in [2.24, 2.45) is 46.3 Å². The van der Waals surface area contributed by atoms with E-state index in [0.717, 1.165) is 37.0 Å². The summed E-state index contributed by atoms with van der Waals surface area (Å²) in [4.78, 5) is 0. The highest BCUT2D eigenvalue weighted by atomic mass is 16.3. The lowest BCUT2D eigenvalue weighted by Crippen LogP contribution is -2.49. The van der Waals surface area contributed by atoms with Crippen molar-refractivity contribution in [1.29, 1.82) is 0 Å². The summed E-state index contributed by atoms with van der Waals surface area (Å²) in [6, 6.07) is 0. The summed E-state index contributed by atoms with van der Waals surface area (Å²) in [7, 11) is 0. The van der Waals surface area contributed by atoms with E-state index in [1.54, 1.807) is 0 Å². The van der Waals surface area contributed by atoms with Crippen LogP contribution in [0, 0.1) is 46.3 Å². The minimum absolute atomic E-state index is 0.0541. The van der Waals surface area contributed by atoms with Gasteiger partial charge in [-0.25, -0.2) is 0 Å². The Labute approximate surface area is 186 Å². The van der Waals surface area contributed by atoms with E-state index in [2.05, 4.69) is 59.4 Å². The largest absolute Gasteiger partial charge is 0.393 e. The number of aliphatic hydroxyl groups is 1. The van der Waals surface area contributed by atoms with Crippen LogP contribution in [0.2, 0.25) is 0 Å². The average molecular weight is 411 g/mol. The van der Waals surface area contributed by atoms with Crippen molar-refractivity contribution in [3.63, 3.8) is 0 Å². The summed E-state index contributed by atoms with van der Waals surface area (Å²) < 4.78 is 0. The molecule has 0 amide bonds. The maximum atomic E-state index is 10.3. The van der Waals surface area contributed by atoms with Crippen LogP contribution in [0.1, 0.15) is 92.4 Å². The lowest BCUT2D eigenvalue weighted by Gasteiger charge is -2.57. The SMILES string of the molecule is C=C(C)C(/C=C/[C@@H](C)[C@H]1CC[C@H]2C3=CCC4C[C@@H](O)CC[C@]4(C)[C@H]3CC[C@]12C)CC. The molecule has 3 saturated carbocycles. The van der Waals surface area contributed by atoms with Gasteiger partial charge in [-0.3, -0.25) is 0 Å². The first-order valence-electron chi connectivity index (χ1n) is 12.9. The molecule has 2 unspecified atom stereocenters. The smallest absolute Gasteiger partial charge is 0.0543 e. The Morgan fingerprint density at radius 2 is 1.83 bits per heavy atom. The predicted octanol–water partition coefficient (Wildman–Crippen LogP) is 7.72. The topological polar surface area (TPSA) is 20.2 Å². The molecule has 0 aromatic carbocycles. The van der Waals surface area contributed by atoms with Gasteiger partial charge in [-0.1, -0.05) is 63.6 Å². The first kappa shape index (κ1) is 22.4. The van der Waals surface area contributed by atoms with Gasteiger partial charge in [0.25, 0.3) is 0 Å². The molecule has 30 heavy (non-hydrogen) atoms. The van der Waals surface area contributed by atoms with E-state index < -0.39 is 0 Å². The quantitative estimate of drug-likeness (QED) is 0.460. The minimum Gasteiger partial charge on any atom is -0.393 e. The Balaban J connectivity index is 1.54. The second-order valence-electron chi connectivity index (χ2n) is 12.0. The monoisotopic (exact) mass is 410 g/mol. The third-order valence-electron chi connectivity index (χ3n) is 10.5. The van der Waals surface area contributed by atoms with E-state index in [-0.39, 0.29) is 6.10 Å². The Morgan fingerprint density at radius 3 is 2.53 bits per heavy atom. The molecule has 0 aliphatic heterocycles. The van der Waals surface area contributed by atoms with Crippen molar-refractivity contribution < 1.29 is 5.11 Å². The predicted molar refractivity (Wildman–Crippen MR) is 128 cm³/mol. The Hall–Kier alpha value is -0.820. The third kappa shape index (κ3) is 3.58. The molecule has 4 aliphatic carbocycles. The standard InChI is InChI=1S/C29H46O/c1-7-21(19(2)3)9-8-20(4)25-12-13-26-24-11-10-22-18-23(30)14-16-28(22,5)27(24)15-17-29(25,26)6/h8-9,11,20-23,25-27,30H,2,7,10,12-18H2,1,3-6H3/b9-8+/t20-,21?,22?,23+,25-,26+,27+,28+,29-/m1/s1. The van der Waals surface area contributed by atoms with Gasteiger partial charge in [-0.05, 0) is 111 Å². The Bertz CT molecular complexity index is 716. The summed E-state index contributed by atoms with van der Waals surface area (Å²) in [5, 5.41) is 10.3. The third-order valence-corrected chi connectivity index (χ3v) is 10.5. The van der Waals surface area contributed by atoms with Crippen molar-refractivity contribution >= 4 is 0 Å². The molecule has 0 radical (unpaired) electrons. The first-order chi connectivity index (χ1) is 14.2. The summed E-state index contributed by atoms with van der Waals surface area (Å²) in [5.74, 6) is 4.27. The van der Waals surface area contributed by atoms with Gasteiger partial charge in [0.05, 0.1) is 6.10 Å². The van der Waals surface area contributed by atoms with Crippen LogP contribution in [-0.4, -0.2) is 11.2 Å². The van der Waals surface area contributed by atoms with Crippen LogP contribution < -0.4 is 0 Å². The molecule has 1 heteroatoms. The van der Waals surface area contributed by atoms with Gasteiger partial charge in [0.1, 0.15) is 0 Å². The highest BCUT2D eigenvalue weighted by Crippen LogP contribution is 2.66. The van der Waals surface area contributed by atoms with Gasteiger partial charge >= 0.3 is 0 Å². The molecular formula is C29H46O. The number of hydrogen-bond acceptors (Lipinski definition) is 1. The fraction of sp³-hybridized carbons (Fsp3) is 0.793. The van der Waals surface area contributed by atoms with Gasteiger partial charge in [0, 0.05) is 0 Å². The molecule has 4 aliphatic rings. The van der Waals surface area contributed by atoms with Crippen LogP contribution in [0.15, 0.2) is 36.0 Å². The van der Waals surface area contributed by atoms with Crippen molar-refractivity contribution in [3.05, 3.63) is 36.0 Å². The number of rotatable bonds is 5. The molecule has 3 fully saturated rings. The Morgan fingerprint density at radius 1 is 1.13 bits per heavy atom. The zero-order chi connectivity index (χ0) is 21.7. The number of aliphatic hydroxyl groups excluding tert-OH is 1. The lowest BCUT2D eigenvalue weighted by molar-refractivity contribution is -0.0414. The van der Waals surface area contributed by atoms with Crippen LogP contribution in [0.3, 0.4) is 0 Å². The van der Waals surface area contributed by atoms with Crippen molar-refractivity contribution in [2.75, 3.05) is 0 Å². The second kappa shape index (κ2) is 8.27. The number of allylic oxidation sites excluding steroid dienone is 5. The second-order valence-corrected chi connectivity index (χ2v) is 12.0. The number of fused-ring (bicyclic) bond motifs is 5. The zero-order valence-corrected chi connectivity index (χ0v) is 20.3. The molecule has 0 aromatic heterocycles.